The summed E-state index contributed by atoms with van der Waals surface area (Å²) in [4.78, 5) is 0. The molecule has 0 spiro atoms. The van der Waals surface area contributed by atoms with E-state index in [1.54, 1.807) is 6.07 Å². The molecule has 2 atom stereocenters. The molecule has 1 aliphatic rings. The van der Waals surface area contributed by atoms with Crippen molar-refractivity contribution >= 4 is 0 Å². The Kier molecular flexibility index (Phi) is 5.27. The third-order valence-electron chi connectivity index (χ3n) is 3.72. The second-order valence-corrected chi connectivity index (χ2v) is 6.02. The maximum Gasteiger partial charge on any atom is 0.416 e. The normalized spacial score (nSPS) is 23.0. The Morgan fingerprint density at radius 3 is 2.76 bits per heavy atom. The molecule has 1 aromatic carbocycles. The molecule has 1 aliphatic heterocycles. The zero-order valence-corrected chi connectivity index (χ0v) is 12.4. The molecule has 0 amide bonds. The number of alkyl halides is 3. The second-order valence-electron chi connectivity index (χ2n) is 6.02. The maximum absolute atomic E-state index is 12.8. The van der Waals surface area contributed by atoms with Gasteiger partial charge in [0.05, 0.1) is 11.7 Å². The van der Waals surface area contributed by atoms with Gasteiger partial charge >= 0.3 is 6.18 Å². The zero-order chi connectivity index (χ0) is 15.5. The molecule has 0 bridgehead atoms. The Morgan fingerprint density at radius 2 is 2.10 bits per heavy atom. The first-order valence-corrected chi connectivity index (χ1v) is 7.37. The van der Waals surface area contributed by atoms with Gasteiger partial charge in [0.15, 0.2) is 0 Å². The highest BCUT2D eigenvalue weighted by Crippen LogP contribution is 2.37. The van der Waals surface area contributed by atoms with Crippen LogP contribution in [0.2, 0.25) is 0 Å². The molecule has 0 aliphatic carbocycles. The second kappa shape index (κ2) is 6.79. The number of hydrogen-bond acceptors (Lipinski definition) is 2. The van der Waals surface area contributed by atoms with Gasteiger partial charge in [-0.25, -0.2) is 0 Å². The molecule has 0 aromatic heterocycles. The Morgan fingerprint density at radius 1 is 1.33 bits per heavy atom. The molecule has 0 radical (unpaired) electrons. The van der Waals surface area contributed by atoms with Gasteiger partial charge in [0.25, 0.3) is 0 Å². The van der Waals surface area contributed by atoms with Crippen LogP contribution in [-0.4, -0.2) is 19.7 Å². The van der Waals surface area contributed by atoms with Crippen molar-refractivity contribution in [3.05, 3.63) is 35.4 Å². The van der Waals surface area contributed by atoms with E-state index in [2.05, 4.69) is 19.2 Å². The highest BCUT2D eigenvalue weighted by atomic mass is 19.4. The summed E-state index contributed by atoms with van der Waals surface area (Å²) >= 11 is 0. The number of benzene rings is 1. The highest BCUT2D eigenvalue weighted by Gasteiger charge is 2.34. The lowest BCUT2D eigenvalue weighted by atomic mass is 9.94. The summed E-state index contributed by atoms with van der Waals surface area (Å²) in [5.74, 6) is 0.784. The third kappa shape index (κ3) is 4.45. The lowest BCUT2D eigenvalue weighted by molar-refractivity contribution is -0.137. The molecule has 1 heterocycles. The number of ether oxygens (including phenoxy) is 1. The Hall–Kier alpha value is -1.07. The van der Waals surface area contributed by atoms with Crippen LogP contribution in [-0.2, 0) is 10.9 Å². The summed E-state index contributed by atoms with van der Waals surface area (Å²) in [7, 11) is 0. The van der Waals surface area contributed by atoms with Gasteiger partial charge in [0, 0.05) is 19.1 Å². The van der Waals surface area contributed by atoms with Crippen molar-refractivity contribution in [2.45, 2.75) is 32.5 Å². The summed E-state index contributed by atoms with van der Waals surface area (Å²) in [6.45, 7) is 6.55. The van der Waals surface area contributed by atoms with Crippen LogP contribution in [0.1, 0.15) is 37.5 Å². The summed E-state index contributed by atoms with van der Waals surface area (Å²) in [5.41, 5.74) is 0.0167. The van der Waals surface area contributed by atoms with Crippen LogP contribution < -0.4 is 5.32 Å². The van der Waals surface area contributed by atoms with E-state index in [1.807, 2.05) is 0 Å². The smallest absolute Gasteiger partial charge is 0.373 e. The summed E-state index contributed by atoms with van der Waals surface area (Å²) in [5, 5.41) is 3.37. The molecule has 118 valence electrons. The van der Waals surface area contributed by atoms with Gasteiger partial charge in [-0.05, 0) is 36.6 Å². The van der Waals surface area contributed by atoms with E-state index in [1.165, 1.54) is 12.1 Å². The number of rotatable bonds is 5. The quantitative estimate of drug-likeness (QED) is 0.886. The summed E-state index contributed by atoms with van der Waals surface area (Å²) in [6, 6.07) is 5.50. The molecule has 1 N–H and O–H groups in total. The molecule has 1 fully saturated rings. The largest absolute Gasteiger partial charge is 0.416 e. The maximum atomic E-state index is 12.8. The standard InChI is InChI=1S/C16H22F3NO/c1-11(2)9-20-10-13-6-7-21-15(13)12-4-3-5-14(8-12)16(17,18)19/h3-5,8,11,13,15,20H,6-7,9-10H2,1-2H3. The summed E-state index contributed by atoms with van der Waals surface area (Å²) < 4.78 is 44.0. The average Bonchev–Trinajstić information content (AvgIpc) is 2.86. The van der Waals surface area contributed by atoms with E-state index < -0.39 is 11.7 Å². The lowest BCUT2D eigenvalue weighted by Crippen LogP contribution is -2.28. The average molecular weight is 301 g/mol. The lowest BCUT2D eigenvalue weighted by Gasteiger charge is -2.21. The fraction of sp³-hybridized carbons (Fsp3) is 0.625. The first kappa shape index (κ1) is 16.3. The van der Waals surface area contributed by atoms with E-state index in [0.717, 1.165) is 25.6 Å². The van der Waals surface area contributed by atoms with Gasteiger partial charge in [-0.15, -0.1) is 0 Å². The first-order valence-electron chi connectivity index (χ1n) is 7.37. The fourth-order valence-corrected chi connectivity index (χ4v) is 2.66. The predicted molar refractivity (Wildman–Crippen MR) is 76.0 cm³/mol. The monoisotopic (exact) mass is 301 g/mol. The van der Waals surface area contributed by atoms with E-state index in [-0.39, 0.29) is 12.0 Å². The van der Waals surface area contributed by atoms with Crippen molar-refractivity contribution in [1.29, 1.82) is 0 Å². The van der Waals surface area contributed by atoms with Gasteiger partial charge in [-0.1, -0.05) is 26.0 Å². The minimum atomic E-state index is -4.31. The third-order valence-corrected chi connectivity index (χ3v) is 3.72. The fourth-order valence-electron chi connectivity index (χ4n) is 2.66. The van der Waals surface area contributed by atoms with Gasteiger partial charge < -0.3 is 10.1 Å². The number of nitrogens with one attached hydrogen (secondary N) is 1. The van der Waals surface area contributed by atoms with Gasteiger partial charge in [-0.3, -0.25) is 0 Å². The molecule has 0 saturated carbocycles. The van der Waals surface area contributed by atoms with Crippen LogP contribution in [0.5, 0.6) is 0 Å². The van der Waals surface area contributed by atoms with Crippen LogP contribution >= 0.6 is 0 Å². The van der Waals surface area contributed by atoms with Crippen LogP contribution in [0.15, 0.2) is 24.3 Å². The van der Waals surface area contributed by atoms with Gasteiger partial charge in [-0.2, -0.15) is 13.2 Å². The van der Waals surface area contributed by atoms with Crippen LogP contribution in [0, 0.1) is 11.8 Å². The minimum Gasteiger partial charge on any atom is -0.373 e. The number of hydrogen-bond donors (Lipinski definition) is 1. The predicted octanol–water partition coefficient (Wildman–Crippen LogP) is 4.03. The van der Waals surface area contributed by atoms with Crippen molar-refractivity contribution in [2.24, 2.45) is 11.8 Å². The van der Waals surface area contributed by atoms with Crippen molar-refractivity contribution in [2.75, 3.05) is 19.7 Å². The molecule has 2 nitrogen and oxygen atoms in total. The van der Waals surface area contributed by atoms with Crippen LogP contribution in [0.25, 0.3) is 0 Å². The Labute approximate surface area is 123 Å². The molecular formula is C16H22F3NO. The molecular weight excluding hydrogens is 279 g/mol. The van der Waals surface area contributed by atoms with Crippen molar-refractivity contribution < 1.29 is 17.9 Å². The van der Waals surface area contributed by atoms with Gasteiger partial charge in [0.2, 0.25) is 0 Å². The van der Waals surface area contributed by atoms with Crippen molar-refractivity contribution in [3.8, 4) is 0 Å². The van der Waals surface area contributed by atoms with E-state index in [0.29, 0.717) is 18.1 Å². The van der Waals surface area contributed by atoms with Gasteiger partial charge in [0.1, 0.15) is 0 Å². The Balaban J connectivity index is 2.06. The van der Waals surface area contributed by atoms with E-state index in [4.69, 9.17) is 4.74 Å². The molecule has 1 aromatic rings. The molecule has 2 rings (SSSR count). The van der Waals surface area contributed by atoms with Crippen LogP contribution in [0.4, 0.5) is 13.2 Å². The highest BCUT2D eigenvalue weighted by molar-refractivity contribution is 5.28. The number of halogens is 3. The molecule has 5 heteroatoms. The molecule has 21 heavy (non-hydrogen) atoms. The first-order chi connectivity index (χ1) is 9.88. The Bertz CT molecular complexity index is 459. The minimum absolute atomic E-state index is 0.229. The SMILES string of the molecule is CC(C)CNCC1CCOC1c1cccc(C(F)(F)F)c1. The summed E-state index contributed by atoms with van der Waals surface area (Å²) in [6.07, 6.45) is -3.67. The topological polar surface area (TPSA) is 21.3 Å². The molecule has 1 saturated heterocycles. The molecule has 2 unspecified atom stereocenters. The van der Waals surface area contributed by atoms with E-state index in [9.17, 15) is 13.2 Å². The van der Waals surface area contributed by atoms with Crippen molar-refractivity contribution in [3.63, 3.8) is 0 Å². The van der Waals surface area contributed by atoms with E-state index >= 15 is 0 Å². The van der Waals surface area contributed by atoms with Crippen molar-refractivity contribution in [1.82, 2.24) is 5.32 Å². The zero-order valence-electron chi connectivity index (χ0n) is 12.4. The van der Waals surface area contributed by atoms with Crippen LogP contribution in [0.3, 0.4) is 0 Å².